The van der Waals surface area contributed by atoms with Gasteiger partial charge in [0.25, 0.3) is 0 Å². The van der Waals surface area contributed by atoms with Crippen molar-refractivity contribution >= 4 is 21.9 Å². The van der Waals surface area contributed by atoms with Crippen molar-refractivity contribution in [2.75, 3.05) is 7.11 Å². The fourth-order valence-electron chi connectivity index (χ4n) is 1.65. The zero-order chi connectivity index (χ0) is 12.1. The predicted molar refractivity (Wildman–Crippen MR) is 65.8 cm³/mol. The fraction of sp³-hybridized carbons (Fsp3) is 0.417. The maximum Gasteiger partial charge on any atom is 0.303 e. The second kappa shape index (κ2) is 5.89. The highest BCUT2D eigenvalue weighted by atomic mass is 79.9. The van der Waals surface area contributed by atoms with Gasteiger partial charge in [0.15, 0.2) is 0 Å². The van der Waals surface area contributed by atoms with Gasteiger partial charge in [-0.1, -0.05) is 22.9 Å². The summed E-state index contributed by atoms with van der Waals surface area (Å²) in [4.78, 5) is 10.6. The molecule has 16 heavy (non-hydrogen) atoms. The Hall–Kier alpha value is -1.03. The van der Waals surface area contributed by atoms with Crippen molar-refractivity contribution in [1.29, 1.82) is 0 Å². The molecule has 0 aliphatic heterocycles. The van der Waals surface area contributed by atoms with Crippen LogP contribution in [0.4, 0.5) is 0 Å². The lowest BCUT2D eigenvalue weighted by molar-refractivity contribution is -0.137. The molecule has 1 rings (SSSR count). The van der Waals surface area contributed by atoms with Gasteiger partial charge in [-0.05, 0) is 36.1 Å². The second-order valence-electron chi connectivity index (χ2n) is 3.86. The van der Waals surface area contributed by atoms with Crippen LogP contribution < -0.4 is 4.74 Å². The predicted octanol–water partition coefficient (Wildman–Crippen LogP) is 3.11. The molecule has 1 aromatic rings. The third-order valence-corrected chi connectivity index (χ3v) is 2.83. The van der Waals surface area contributed by atoms with Gasteiger partial charge in [0.2, 0.25) is 0 Å². The van der Waals surface area contributed by atoms with E-state index in [1.165, 1.54) is 0 Å². The van der Waals surface area contributed by atoms with Gasteiger partial charge in [0, 0.05) is 10.9 Å². The van der Waals surface area contributed by atoms with Crippen LogP contribution in [-0.4, -0.2) is 18.2 Å². The van der Waals surface area contributed by atoms with Gasteiger partial charge in [0.05, 0.1) is 7.11 Å². The van der Waals surface area contributed by atoms with E-state index in [2.05, 4.69) is 15.9 Å². The average molecular weight is 287 g/mol. The maximum atomic E-state index is 10.6. The van der Waals surface area contributed by atoms with Crippen LogP contribution in [0, 0.1) is 5.92 Å². The number of aliphatic carboxylic acids is 1. The van der Waals surface area contributed by atoms with E-state index >= 15 is 0 Å². The summed E-state index contributed by atoms with van der Waals surface area (Å²) in [5.74, 6) is 0.141. The number of carbonyl (C=O) groups is 1. The molecule has 1 atom stereocenters. The summed E-state index contributed by atoms with van der Waals surface area (Å²) >= 11 is 3.39. The minimum absolute atomic E-state index is 0.0979. The van der Waals surface area contributed by atoms with Crippen molar-refractivity contribution in [3.8, 4) is 5.75 Å². The summed E-state index contributed by atoms with van der Waals surface area (Å²) in [6.07, 6.45) is 0.880. The van der Waals surface area contributed by atoms with Crippen LogP contribution >= 0.6 is 15.9 Å². The zero-order valence-electron chi connectivity index (χ0n) is 9.37. The largest absolute Gasteiger partial charge is 0.496 e. The van der Waals surface area contributed by atoms with E-state index in [9.17, 15) is 4.79 Å². The van der Waals surface area contributed by atoms with Crippen LogP contribution in [0.25, 0.3) is 0 Å². The van der Waals surface area contributed by atoms with Crippen LogP contribution in [0.5, 0.6) is 5.75 Å². The zero-order valence-corrected chi connectivity index (χ0v) is 11.0. The number of carboxylic acid groups (broad SMARTS) is 1. The van der Waals surface area contributed by atoms with Gasteiger partial charge in [0.1, 0.15) is 5.75 Å². The molecule has 0 aliphatic rings. The molecule has 0 spiro atoms. The Morgan fingerprint density at radius 2 is 2.25 bits per heavy atom. The van der Waals surface area contributed by atoms with Crippen LogP contribution in [0.1, 0.15) is 18.9 Å². The molecule has 0 bridgehead atoms. The lowest BCUT2D eigenvalue weighted by atomic mass is 9.97. The number of benzene rings is 1. The summed E-state index contributed by atoms with van der Waals surface area (Å²) in [5, 5.41) is 8.70. The number of rotatable bonds is 5. The van der Waals surface area contributed by atoms with Crippen molar-refractivity contribution in [2.45, 2.75) is 19.8 Å². The third kappa shape index (κ3) is 3.85. The lowest BCUT2D eigenvalue weighted by Crippen LogP contribution is -2.07. The van der Waals surface area contributed by atoms with Gasteiger partial charge in [-0.25, -0.2) is 0 Å². The SMILES string of the molecule is COc1ccc(Br)cc1CC(C)CC(=O)O. The average Bonchev–Trinajstić information content (AvgIpc) is 2.16. The first-order valence-corrected chi connectivity index (χ1v) is 5.86. The highest BCUT2D eigenvalue weighted by Crippen LogP contribution is 2.26. The van der Waals surface area contributed by atoms with Crippen LogP contribution in [0.3, 0.4) is 0 Å². The van der Waals surface area contributed by atoms with Crippen molar-refractivity contribution in [3.05, 3.63) is 28.2 Å². The molecule has 88 valence electrons. The summed E-state index contributed by atoms with van der Waals surface area (Å²) in [6.45, 7) is 1.93. The number of hydrogen-bond acceptors (Lipinski definition) is 2. The van der Waals surface area contributed by atoms with Crippen LogP contribution in [-0.2, 0) is 11.2 Å². The van der Waals surface area contributed by atoms with Crippen LogP contribution in [0.15, 0.2) is 22.7 Å². The second-order valence-corrected chi connectivity index (χ2v) is 4.78. The van der Waals surface area contributed by atoms with Gasteiger partial charge in [-0.2, -0.15) is 0 Å². The number of halogens is 1. The minimum Gasteiger partial charge on any atom is -0.496 e. The molecule has 0 aliphatic carbocycles. The van der Waals surface area contributed by atoms with Crippen molar-refractivity contribution in [2.24, 2.45) is 5.92 Å². The van der Waals surface area contributed by atoms with Gasteiger partial charge in [-0.3, -0.25) is 4.79 Å². The molecule has 0 saturated heterocycles. The van der Waals surface area contributed by atoms with Crippen molar-refractivity contribution in [1.82, 2.24) is 0 Å². The topological polar surface area (TPSA) is 46.5 Å². The number of carboxylic acids is 1. The monoisotopic (exact) mass is 286 g/mol. The molecule has 0 amide bonds. The molecule has 0 fully saturated rings. The summed E-state index contributed by atoms with van der Waals surface area (Å²) in [5.41, 5.74) is 1.03. The molecule has 1 aromatic carbocycles. The highest BCUT2D eigenvalue weighted by molar-refractivity contribution is 9.10. The Morgan fingerprint density at radius 3 is 2.81 bits per heavy atom. The molecule has 1 N–H and O–H groups in total. The summed E-state index contributed by atoms with van der Waals surface area (Å²) < 4.78 is 6.22. The van der Waals surface area contributed by atoms with Gasteiger partial charge >= 0.3 is 5.97 Å². The van der Waals surface area contributed by atoms with Gasteiger partial charge < -0.3 is 9.84 Å². The van der Waals surface area contributed by atoms with E-state index in [0.29, 0.717) is 6.42 Å². The Morgan fingerprint density at radius 1 is 1.56 bits per heavy atom. The Balaban J connectivity index is 2.78. The molecular weight excluding hydrogens is 272 g/mol. The Kier molecular flexibility index (Phi) is 4.80. The first-order valence-electron chi connectivity index (χ1n) is 5.07. The standard InChI is InChI=1S/C12H15BrO3/c1-8(6-12(14)15)5-9-7-10(13)3-4-11(9)16-2/h3-4,7-8H,5-6H2,1-2H3,(H,14,15). The lowest BCUT2D eigenvalue weighted by Gasteiger charge is -2.12. The van der Waals surface area contributed by atoms with E-state index in [-0.39, 0.29) is 12.3 Å². The maximum absolute atomic E-state index is 10.6. The minimum atomic E-state index is -0.763. The van der Waals surface area contributed by atoms with E-state index in [0.717, 1.165) is 15.8 Å². The molecular formula is C12H15BrO3. The van der Waals surface area contributed by atoms with E-state index in [1.807, 2.05) is 25.1 Å². The molecule has 3 nitrogen and oxygen atoms in total. The van der Waals surface area contributed by atoms with E-state index in [4.69, 9.17) is 9.84 Å². The third-order valence-electron chi connectivity index (χ3n) is 2.33. The highest BCUT2D eigenvalue weighted by Gasteiger charge is 2.12. The number of ether oxygens (including phenoxy) is 1. The molecule has 0 heterocycles. The van der Waals surface area contributed by atoms with Crippen LogP contribution in [0.2, 0.25) is 0 Å². The first kappa shape index (κ1) is 13.0. The molecule has 4 heteroatoms. The number of methoxy groups -OCH3 is 1. The smallest absolute Gasteiger partial charge is 0.303 e. The fourth-order valence-corrected chi connectivity index (χ4v) is 2.06. The summed E-state index contributed by atoms with van der Waals surface area (Å²) in [6, 6.07) is 5.76. The molecule has 0 saturated carbocycles. The normalized spacial score (nSPS) is 12.2. The molecule has 0 radical (unpaired) electrons. The van der Waals surface area contributed by atoms with E-state index in [1.54, 1.807) is 7.11 Å². The quantitative estimate of drug-likeness (QED) is 0.905. The van der Waals surface area contributed by atoms with Crippen molar-refractivity contribution < 1.29 is 14.6 Å². The Bertz CT molecular complexity index is 377. The number of hydrogen-bond donors (Lipinski definition) is 1. The Labute approximate surface area is 104 Å². The molecule has 1 unspecified atom stereocenters. The van der Waals surface area contributed by atoms with Crippen molar-refractivity contribution in [3.63, 3.8) is 0 Å². The first-order chi connectivity index (χ1) is 7.52. The summed E-state index contributed by atoms with van der Waals surface area (Å²) in [7, 11) is 1.62. The van der Waals surface area contributed by atoms with E-state index < -0.39 is 5.97 Å². The molecule has 0 aromatic heterocycles. The van der Waals surface area contributed by atoms with Gasteiger partial charge in [-0.15, -0.1) is 0 Å².